The normalized spacial score (nSPS) is 21.5. The maximum atomic E-state index is 14.1. The van der Waals surface area contributed by atoms with Crippen molar-refractivity contribution >= 4 is 10.0 Å². The molecule has 0 bridgehead atoms. The van der Waals surface area contributed by atoms with Crippen molar-refractivity contribution in [1.29, 1.82) is 0 Å². The summed E-state index contributed by atoms with van der Waals surface area (Å²) in [5.74, 6) is -0.103. The van der Waals surface area contributed by atoms with E-state index in [1.54, 1.807) is 30.6 Å². The second-order valence-corrected chi connectivity index (χ2v) is 8.29. The Hall–Kier alpha value is -1.77. The molecule has 0 radical (unpaired) electrons. The first-order valence-corrected chi connectivity index (χ1v) is 9.27. The topological polar surface area (TPSA) is 64.4 Å². The van der Waals surface area contributed by atoms with Crippen molar-refractivity contribution in [3.63, 3.8) is 0 Å². The average molecular weight is 353 g/mol. The summed E-state index contributed by atoms with van der Waals surface area (Å²) in [7, 11) is -0.314. The van der Waals surface area contributed by atoms with Crippen LogP contribution in [0.1, 0.15) is 6.04 Å². The van der Waals surface area contributed by atoms with Gasteiger partial charge < -0.3 is 9.30 Å². The molecule has 2 heterocycles. The van der Waals surface area contributed by atoms with E-state index in [0.29, 0.717) is 24.6 Å². The highest BCUT2D eigenvalue weighted by Crippen LogP contribution is 2.32. The van der Waals surface area contributed by atoms with Gasteiger partial charge in [-0.25, -0.2) is 22.1 Å². The summed E-state index contributed by atoms with van der Waals surface area (Å²) in [5, 5.41) is 0. The molecule has 8 heteroatoms. The predicted octanol–water partition coefficient (Wildman–Crippen LogP) is 1.77. The van der Waals surface area contributed by atoms with Gasteiger partial charge in [-0.2, -0.15) is 0 Å². The number of rotatable bonds is 5. The molecule has 2 atom stereocenters. The lowest BCUT2D eigenvalue weighted by molar-refractivity contribution is 0.182. The SMILES string of the molecule is CN(C)S(=O)(=O)C[C@@H]1COC[C@H]1n1ccnc1-c1ccccc1F. The molecule has 1 aliphatic rings. The highest BCUT2D eigenvalue weighted by Gasteiger charge is 2.35. The molecular weight excluding hydrogens is 333 g/mol. The number of hydrogen-bond acceptors (Lipinski definition) is 4. The first-order valence-electron chi connectivity index (χ1n) is 7.66. The smallest absolute Gasteiger partial charge is 0.214 e. The van der Waals surface area contributed by atoms with Gasteiger partial charge in [0.1, 0.15) is 11.6 Å². The van der Waals surface area contributed by atoms with Gasteiger partial charge in [0.05, 0.1) is 30.6 Å². The zero-order valence-electron chi connectivity index (χ0n) is 13.6. The summed E-state index contributed by atoms with van der Waals surface area (Å²) in [6.45, 7) is 0.734. The second-order valence-electron chi connectivity index (χ2n) is 6.06. The minimum atomic E-state index is -3.35. The minimum Gasteiger partial charge on any atom is -0.379 e. The Morgan fingerprint density at radius 2 is 2.08 bits per heavy atom. The number of ether oxygens (including phenoxy) is 1. The van der Waals surface area contributed by atoms with E-state index in [0.717, 1.165) is 0 Å². The molecule has 1 fully saturated rings. The van der Waals surface area contributed by atoms with Crippen LogP contribution in [-0.4, -0.2) is 55.3 Å². The fourth-order valence-corrected chi connectivity index (χ4v) is 4.06. The number of benzene rings is 1. The van der Waals surface area contributed by atoms with Crippen molar-refractivity contribution in [3.8, 4) is 11.4 Å². The molecule has 1 aromatic heterocycles. The first kappa shape index (κ1) is 17.1. The van der Waals surface area contributed by atoms with E-state index in [4.69, 9.17) is 4.74 Å². The van der Waals surface area contributed by atoms with Crippen LogP contribution in [0, 0.1) is 11.7 Å². The van der Waals surface area contributed by atoms with Gasteiger partial charge in [-0.1, -0.05) is 12.1 Å². The first-order chi connectivity index (χ1) is 11.4. The number of halogens is 1. The number of imidazole rings is 1. The van der Waals surface area contributed by atoms with Gasteiger partial charge in [0.15, 0.2) is 0 Å². The Labute approximate surface area is 140 Å². The van der Waals surface area contributed by atoms with Crippen LogP contribution in [0.5, 0.6) is 0 Å². The molecule has 3 rings (SSSR count). The summed E-state index contributed by atoms with van der Waals surface area (Å²) in [6.07, 6.45) is 3.34. The molecule has 1 aromatic carbocycles. The van der Waals surface area contributed by atoms with Crippen LogP contribution >= 0.6 is 0 Å². The molecule has 2 aromatic rings. The predicted molar refractivity (Wildman–Crippen MR) is 88.4 cm³/mol. The number of sulfonamides is 1. The molecule has 130 valence electrons. The van der Waals surface area contributed by atoms with Crippen molar-refractivity contribution in [2.75, 3.05) is 33.1 Å². The van der Waals surface area contributed by atoms with Crippen LogP contribution in [0.2, 0.25) is 0 Å². The van der Waals surface area contributed by atoms with E-state index >= 15 is 0 Å². The van der Waals surface area contributed by atoms with E-state index in [9.17, 15) is 12.8 Å². The summed E-state index contributed by atoms with van der Waals surface area (Å²) in [6, 6.07) is 6.22. The van der Waals surface area contributed by atoms with Crippen LogP contribution in [-0.2, 0) is 14.8 Å². The maximum Gasteiger partial charge on any atom is 0.214 e. The molecule has 1 saturated heterocycles. The third-order valence-electron chi connectivity index (χ3n) is 4.29. The van der Waals surface area contributed by atoms with Crippen molar-refractivity contribution < 1.29 is 17.5 Å². The van der Waals surface area contributed by atoms with Crippen molar-refractivity contribution in [1.82, 2.24) is 13.9 Å². The molecule has 0 N–H and O–H groups in total. The minimum absolute atomic E-state index is 0.0143. The number of hydrogen-bond donors (Lipinski definition) is 0. The molecule has 1 aliphatic heterocycles. The van der Waals surface area contributed by atoms with Gasteiger partial charge in [-0.3, -0.25) is 0 Å². The third-order valence-corrected chi connectivity index (χ3v) is 6.25. The number of aromatic nitrogens is 2. The molecule has 6 nitrogen and oxygen atoms in total. The quantitative estimate of drug-likeness (QED) is 0.822. The van der Waals surface area contributed by atoms with Crippen LogP contribution < -0.4 is 0 Å². The molecule has 0 amide bonds. The molecule has 0 unspecified atom stereocenters. The van der Waals surface area contributed by atoms with Crippen LogP contribution in [0.15, 0.2) is 36.7 Å². The zero-order chi connectivity index (χ0) is 17.3. The second kappa shape index (κ2) is 6.62. The molecule has 0 saturated carbocycles. The number of nitrogens with zero attached hydrogens (tertiary/aromatic N) is 3. The largest absolute Gasteiger partial charge is 0.379 e. The standard InChI is InChI=1S/C16H20FN3O3S/c1-19(2)24(21,22)11-12-9-23-10-15(12)20-8-7-18-16(20)13-5-3-4-6-14(13)17/h3-8,12,15H,9-11H2,1-2H3/t12-,15+/m0/s1. The summed E-state index contributed by atoms with van der Waals surface area (Å²) in [5.41, 5.74) is 0.392. The molecule has 0 aliphatic carbocycles. The highest BCUT2D eigenvalue weighted by molar-refractivity contribution is 7.89. The lowest BCUT2D eigenvalue weighted by atomic mass is 10.1. The van der Waals surface area contributed by atoms with Crippen LogP contribution in [0.4, 0.5) is 4.39 Å². The monoisotopic (exact) mass is 353 g/mol. The summed E-state index contributed by atoms with van der Waals surface area (Å²) >= 11 is 0. The van der Waals surface area contributed by atoms with Crippen molar-refractivity contribution in [2.45, 2.75) is 6.04 Å². The molecule has 0 spiro atoms. The lowest BCUT2D eigenvalue weighted by Crippen LogP contribution is -2.32. The fourth-order valence-electron chi connectivity index (χ4n) is 2.91. The maximum absolute atomic E-state index is 14.1. The van der Waals surface area contributed by atoms with E-state index in [-0.39, 0.29) is 23.5 Å². The summed E-state index contributed by atoms with van der Waals surface area (Å²) < 4.78 is 47.1. The van der Waals surface area contributed by atoms with Gasteiger partial charge >= 0.3 is 0 Å². The Bertz CT molecular complexity index is 819. The van der Waals surface area contributed by atoms with Crippen LogP contribution in [0.25, 0.3) is 11.4 Å². The lowest BCUT2D eigenvalue weighted by Gasteiger charge is -2.22. The van der Waals surface area contributed by atoms with Crippen molar-refractivity contribution in [3.05, 3.63) is 42.5 Å². The van der Waals surface area contributed by atoms with E-state index < -0.39 is 10.0 Å². The van der Waals surface area contributed by atoms with Gasteiger partial charge in [0, 0.05) is 32.4 Å². The fraction of sp³-hybridized carbons (Fsp3) is 0.438. The molecular formula is C16H20FN3O3S. The highest BCUT2D eigenvalue weighted by atomic mass is 32.2. The van der Waals surface area contributed by atoms with Gasteiger partial charge in [0.25, 0.3) is 0 Å². The van der Waals surface area contributed by atoms with Gasteiger partial charge in [-0.15, -0.1) is 0 Å². The Morgan fingerprint density at radius 3 is 2.79 bits per heavy atom. The van der Waals surface area contributed by atoms with Gasteiger partial charge in [-0.05, 0) is 12.1 Å². The Balaban J connectivity index is 1.92. The van der Waals surface area contributed by atoms with E-state index in [2.05, 4.69) is 4.98 Å². The molecule has 24 heavy (non-hydrogen) atoms. The van der Waals surface area contributed by atoms with E-state index in [1.165, 1.54) is 24.5 Å². The van der Waals surface area contributed by atoms with E-state index in [1.807, 2.05) is 4.57 Å². The van der Waals surface area contributed by atoms with Crippen LogP contribution in [0.3, 0.4) is 0 Å². The Morgan fingerprint density at radius 1 is 1.33 bits per heavy atom. The van der Waals surface area contributed by atoms with Crippen molar-refractivity contribution in [2.24, 2.45) is 5.92 Å². The van der Waals surface area contributed by atoms with Gasteiger partial charge in [0.2, 0.25) is 10.0 Å². The third kappa shape index (κ3) is 3.22. The average Bonchev–Trinajstić information content (AvgIpc) is 3.15. The summed E-state index contributed by atoms with van der Waals surface area (Å²) in [4.78, 5) is 4.27. The Kier molecular flexibility index (Phi) is 4.71. The zero-order valence-corrected chi connectivity index (χ0v) is 14.4.